The van der Waals surface area contributed by atoms with Crippen molar-refractivity contribution >= 4 is 65.9 Å². The molecule has 238 valence electrons. The van der Waals surface area contributed by atoms with Crippen molar-refractivity contribution in [2.24, 2.45) is 11.5 Å². The third-order valence-electron chi connectivity index (χ3n) is 5.82. The standard InChI is InChI=1S/C25H36N6O10S2/c1-43-7-6-15(22(37)30-17(25(40)41)10-19(27)33)28-23(38)16(8-12-2-4-13(32)5-3-12)29-24(39)18(11-42)31-21(36)14(26)9-20(34)35/h2-5,14-18,32,42H,6-11,26H2,1H3,(H2,27,33)(H,28,38)(H,29,39)(H,30,37)(H,31,36)(H,34,35)(H,40,41)/t14-,15-,16-,17-,18-/m0/s1. The molecule has 0 aliphatic carbocycles. The Balaban J connectivity index is 3.21. The molecule has 1 aromatic carbocycles. The topological polar surface area (TPSA) is 280 Å². The van der Waals surface area contributed by atoms with Crippen molar-refractivity contribution < 1.29 is 48.9 Å². The number of carboxylic acid groups (broad SMARTS) is 2. The number of nitrogens with one attached hydrogen (secondary N) is 4. The molecule has 0 saturated heterocycles. The third-order valence-corrected chi connectivity index (χ3v) is 6.83. The van der Waals surface area contributed by atoms with Gasteiger partial charge in [-0.3, -0.25) is 28.8 Å². The summed E-state index contributed by atoms with van der Waals surface area (Å²) in [6.07, 6.45) is 0.279. The van der Waals surface area contributed by atoms with E-state index < -0.39 is 84.5 Å². The Kier molecular flexibility index (Phi) is 15.9. The highest BCUT2D eigenvalue weighted by atomic mass is 32.2. The number of amides is 5. The fraction of sp³-hybridized carbons (Fsp3) is 0.480. The quantitative estimate of drug-likeness (QED) is 0.0690. The van der Waals surface area contributed by atoms with Gasteiger partial charge in [-0.25, -0.2) is 4.79 Å². The van der Waals surface area contributed by atoms with E-state index in [4.69, 9.17) is 16.6 Å². The summed E-state index contributed by atoms with van der Waals surface area (Å²) < 4.78 is 0. The van der Waals surface area contributed by atoms with E-state index in [1.165, 1.54) is 36.0 Å². The summed E-state index contributed by atoms with van der Waals surface area (Å²) in [6, 6.07) is -1.36. The van der Waals surface area contributed by atoms with Gasteiger partial charge in [-0.1, -0.05) is 12.1 Å². The Morgan fingerprint density at radius 3 is 1.84 bits per heavy atom. The van der Waals surface area contributed by atoms with Crippen molar-refractivity contribution in [1.82, 2.24) is 21.3 Å². The molecule has 0 aromatic heterocycles. The number of benzene rings is 1. The van der Waals surface area contributed by atoms with Gasteiger partial charge < -0.3 is 48.1 Å². The zero-order chi connectivity index (χ0) is 32.7. The molecule has 16 nitrogen and oxygen atoms in total. The maximum atomic E-state index is 13.4. The lowest BCUT2D eigenvalue weighted by Gasteiger charge is -2.26. The molecule has 1 rings (SSSR count). The maximum Gasteiger partial charge on any atom is 0.326 e. The predicted molar refractivity (Wildman–Crippen MR) is 158 cm³/mol. The van der Waals surface area contributed by atoms with Crippen LogP contribution in [-0.4, -0.2) is 105 Å². The van der Waals surface area contributed by atoms with Crippen LogP contribution in [-0.2, 0) is 40.0 Å². The number of carboxylic acids is 2. The van der Waals surface area contributed by atoms with Crippen LogP contribution in [0.25, 0.3) is 0 Å². The highest BCUT2D eigenvalue weighted by Crippen LogP contribution is 2.12. The van der Waals surface area contributed by atoms with Gasteiger partial charge in [0.15, 0.2) is 0 Å². The van der Waals surface area contributed by atoms with Gasteiger partial charge in [0.05, 0.1) is 18.9 Å². The Bertz CT molecular complexity index is 1170. The molecule has 11 N–H and O–H groups in total. The molecule has 0 spiro atoms. The Morgan fingerprint density at radius 2 is 1.33 bits per heavy atom. The monoisotopic (exact) mass is 644 g/mol. The van der Waals surface area contributed by atoms with Crippen LogP contribution < -0.4 is 32.7 Å². The smallest absolute Gasteiger partial charge is 0.326 e. The number of primary amides is 1. The molecule has 0 aliphatic heterocycles. The Hall–Kier alpha value is -4.03. The van der Waals surface area contributed by atoms with Crippen LogP contribution in [0.15, 0.2) is 24.3 Å². The van der Waals surface area contributed by atoms with Gasteiger partial charge in [0, 0.05) is 12.2 Å². The van der Waals surface area contributed by atoms with Crippen LogP contribution in [0.4, 0.5) is 0 Å². The Labute approximate surface area is 256 Å². The Morgan fingerprint density at radius 1 is 0.814 bits per heavy atom. The van der Waals surface area contributed by atoms with E-state index in [2.05, 4.69) is 33.9 Å². The third kappa shape index (κ3) is 13.7. The van der Waals surface area contributed by atoms with E-state index in [1.807, 2.05) is 0 Å². The molecule has 0 unspecified atom stereocenters. The van der Waals surface area contributed by atoms with E-state index in [-0.39, 0.29) is 24.3 Å². The molecule has 0 aliphatic rings. The number of phenolic OH excluding ortho intramolecular Hbond substituents is 1. The van der Waals surface area contributed by atoms with Crippen LogP contribution in [0.2, 0.25) is 0 Å². The second-order valence-electron chi connectivity index (χ2n) is 9.29. The normalized spacial score (nSPS) is 14.2. The molecule has 0 heterocycles. The lowest BCUT2D eigenvalue weighted by molar-refractivity contribution is -0.143. The first-order valence-corrected chi connectivity index (χ1v) is 14.8. The second-order valence-corrected chi connectivity index (χ2v) is 10.6. The summed E-state index contributed by atoms with van der Waals surface area (Å²) in [5.41, 5.74) is 11.1. The molecular formula is C25H36N6O10S2. The number of aromatic hydroxyl groups is 1. The first-order chi connectivity index (χ1) is 20.2. The fourth-order valence-corrected chi connectivity index (χ4v) is 4.28. The van der Waals surface area contributed by atoms with Crippen molar-refractivity contribution in [3.05, 3.63) is 29.8 Å². The minimum atomic E-state index is -1.64. The van der Waals surface area contributed by atoms with Crippen LogP contribution in [0.3, 0.4) is 0 Å². The minimum absolute atomic E-state index is 0.0536. The number of rotatable bonds is 19. The SMILES string of the molecule is CSCC[C@H](NC(=O)[C@H](Cc1ccc(O)cc1)NC(=O)[C@H](CS)NC(=O)[C@@H](N)CC(=O)O)C(=O)N[C@@H](CC(N)=O)C(=O)O. The van der Waals surface area contributed by atoms with E-state index in [0.29, 0.717) is 11.3 Å². The van der Waals surface area contributed by atoms with E-state index in [0.717, 1.165) is 0 Å². The maximum absolute atomic E-state index is 13.4. The van der Waals surface area contributed by atoms with Crippen molar-refractivity contribution in [2.45, 2.75) is 55.9 Å². The van der Waals surface area contributed by atoms with Crippen LogP contribution >= 0.6 is 24.4 Å². The van der Waals surface area contributed by atoms with Crippen LogP contribution in [0.5, 0.6) is 5.75 Å². The molecule has 0 fully saturated rings. The summed E-state index contributed by atoms with van der Waals surface area (Å²) in [4.78, 5) is 85.4. The number of aliphatic carboxylic acids is 2. The molecule has 1 aromatic rings. The lowest BCUT2D eigenvalue weighted by atomic mass is 10.0. The predicted octanol–water partition coefficient (Wildman–Crippen LogP) is -2.68. The average molecular weight is 645 g/mol. The van der Waals surface area contributed by atoms with Crippen LogP contribution in [0.1, 0.15) is 24.8 Å². The highest BCUT2D eigenvalue weighted by Gasteiger charge is 2.32. The number of thioether (sulfide) groups is 1. The highest BCUT2D eigenvalue weighted by molar-refractivity contribution is 7.98. The van der Waals surface area contributed by atoms with Gasteiger partial charge in [0.25, 0.3) is 0 Å². The molecule has 5 atom stereocenters. The summed E-state index contributed by atoms with van der Waals surface area (Å²) in [6.45, 7) is 0. The molecule has 5 amide bonds. The largest absolute Gasteiger partial charge is 0.508 e. The molecular weight excluding hydrogens is 608 g/mol. The number of hydrogen-bond acceptors (Lipinski definition) is 11. The van der Waals surface area contributed by atoms with Gasteiger partial charge in [-0.2, -0.15) is 24.4 Å². The molecule has 18 heteroatoms. The van der Waals surface area contributed by atoms with Gasteiger partial charge in [0.2, 0.25) is 29.5 Å². The van der Waals surface area contributed by atoms with Crippen molar-refractivity contribution in [3.8, 4) is 5.75 Å². The van der Waals surface area contributed by atoms with Gasteiger partial charge in [-0.15, -0.1) is 0 Å². The summed E-state index contributed by atoms with van der Waals surface area (Å²) >= 11 is 5.39. The molecule has 0 saturated carbocycles. The van der Waals surface area contributed by atoms with Gasteiger partial charge in [-0.05, 0) is 36.1 Å². The average Bonchev–Trinajstić information content (AvgIpc) is 2.93. The summed E-state index contributed by atoms with van der Waals surface area (Å²) in [7, 11) is 0. The van der Waals surface area contributed by atoms with Gasteiger partial charge >= 0.3 is 11.9 Å². The van der Waals surface area contributed by atoms with Crippen molar-refractivity contribution in [3.63, 3.8) is 0 Å². The van der Waals surface area contributed by atoms with E-state index in [9.17, 15) is 43.8 Å². The number of phenols is 1. The summed E-state index contributed by atoms with van der Waals surface area (Å²) in [5, 5.41) is 37.2. The molecule has 0 radical (unpaired) electrons. The van der Waals surface area contributed by atoms with E-state index in [1.54, 1.807) is 6.26 Å². The zero-order valence-electron chi connectivity index (χ0n) is 23.1. The number of thiol groups is 1. The molecule has 0 bridgehead atoms. The first-order valence-electron chi connectivity index (χ1n) is 12.8. The van der Waals surface area contributed by atoms with Gasteiger partial charge in [0.1, 0.15) is 29.9 Å². The number of carbonyl (C=O) groups excluding carboxylic acids is 5. The minimum Gasteiger partial charge on any atom is -0.508 e. The molecule has 43 heavy (non-hydrogen) atoms. The number of nitrogens with two attached hydrogens (primary N) is 2. The van der Waals surface area contributed by atoms with Crippen LogP contribution in [0, 0.1) is 0 Å². The van der Waals surface area contributed by atoms with E-state index >= 15 is 0 Å². The lowest BCUT2D eigenvalue weighted by Crippen LogP contribution is -2.59. The fourth-order valence-electron chi connectivity index (χ4n) is 3.55. The first kappa shape index (κ1) is 37.0. The number of carbonyl (C=O) groups is 7. The van der Waals surface area contributed by atoms with Crippen molar-refractivity contribution in [2.75, 3.05) is 17.8 Å². The zero-order valence-corrected chi connectivity index (χ0v) is 24.9. The number of hydrogen-bond donors (Lipinski definition) is 10. The van der Waals surface area contributed by atoms with Crippen molar-refractivity contribution in [1.29, 1.82) is 0 Å². The summed E-state index contributed by atoms with van der Waals surface area (Å²) in [5.74, 6) is -7.31. The second kappa shape index (κ2) is 18.5.